The highest BCUT2D eigenvalue weighted by Crippen LogP contribution is 2.43. The predicted octanol–water partition coefficient (Wildman–Crippen LogP) is 12.9. The lowest BCUT2D eigenvalue weighted by Gasteiger charge is -2.30. The van der Waals surface area contributed by atoms with E-state index in [0.29, 0.717) is 62.9 Å². The lowest BCUT2D eigenvalue weighted by atomic mass is 9.75. The first-order valence-electron chi connectivity index (χ1n) is 20.8. The summed E-state index contributed by atoms with van der Waals surface area (Å²) in [6.45, 7) is 13.6. The number of hydrogen-bond donors (Lipinski definition) is 2. The molecule has 50 heavy (non-hydrogen) atoms. The van der Waals surface area contributed by atoms with Gasteiger partial charge in [0.2, 0.25) is 0 Å². The first-order chi connectivity index (χ1) is 23.9. The van der Waals surface area contributed by atoms with Crippen LogP contribution >= 0.6 is 0 Å². The van der Waals surface area contributed by atoms with Crippen LogP contribution in [-0.4, -0.2) is 35.4 Å². The molecule has 1 rings (SSSR count). The van der Waals surface area contributed by atoms with Crippen molar-refractivity contribution in [1.82, 2.24) is 0 Å². The standard InChI is InChI=1S/C44H78O6/c1-7-9-11-13-15-17-19-21-23-25-33-49-41(47)29-27-31-43(3,4)37-35-40(46)38(36-39(37)45)44(5,6)32-28-30-42(48)50-34-26-24-22-20-18-16-14-12-10-8-2/h35-36,45-46H,7-34H2,1-6H3. The van der Waals surface area contributed by atoms with Gasteiger partial charge in [-0.15, -0.1) is 0 Å². The van der Waals surface area contributed by atoms with Gasteiger partial charge in [0.05, 0.1) is 13.2 Å². The Labute approximate surface area is 307 Å². The number of ether oxygens (including phenoxy) is 2. The summed E-state index contributed by atoms with van der Waals surface area (Å²) in [5.74, 6) is -0.0298. The van der Waals surface area contributed by atoms with Gasteiger partial charge in [0.25, 0.3) is 0 Å². The van der Waals surface area contributed by atoms with Crippen LogP contribution in [0, 0.1) is 0 Å². The minimum Gasteiger partial charge on any atom is -0.508 e. The molecule has 1 aromatic rings. The van der Waals surface area contributed by atoms with Crippen molar-refractivity contribution in [2.45, 2.75) is 219 Å². The first-order valence-corrected chi connectivity index (χ1v) is 20.8. The number of phenols is 2. The largest absolute Gasteiger partial charge is 0.508 e. The lowest BCUT2D eigenvalue weighted by molar-refractivity contribution is -0.144. The second kappa shape index (κ2) is 27.4. The molecule has 0 radical (unpaired) electrons. The maximum absolute atomic E-state index is 12.3. The summed E-state index contributed by atoms with van der Waals surface area (Å²) in [6.07, 6.45) is 28.4. The molecular formula is C44H78O6. The van der Waals surface area contributed by atoms with Crippen molar-refractivity contribution in [2.24, 2.45) is 0 Å². The van der Waals surface area contributed by atoms with Crippen LogP contribution in [-0.2, 0) is 29.9 Å². The smallest absolute Gasteiger partial charge is 0.305 e. The van der Waals surface area contributed by atoms with Crippen LogP contribution in [0.1, 0.15) is 220 Å². The molecule has 0 spiro atoms. The quantitative estimate of drug-likeness (QED) is 0.0441. The zero-order chi connectivity index (χ0) is 37.1. The van der Waals surface area contributed by atoms with E-state index in [4.69, 9.17) is 9.47 Å². The number of esters is 2. The molecule has 6 nitrogen and oxygen atoms in total. The van der Waals surface area contributed by atoms with Crippen molar-refractivity contribution < 1.29 is 29.3 Å². The molecule has 0 aliphatic carbocycles. The molecule has 0 atom stereocenters. The van der Waals surface area contributed by atoms with Crippen molar-refractivity contribution in [3.05, 3.63) is 23.3 Å². The Balaban J connectivity index is 2.34. The fraction of sp³-hybridized carbons (Fsp3) is 0.818. The molecule has 1 aromatic carbocycles. The minimum absolute atomic E-state index is 0.148. The molecule has 0 aliphatic rings. The van der Waals surface area contributed by atoms with Crippen molar-refractivity contribution in [2.75, 3.05) is 13.2 Å². The average Bonchev–Trinajstić information content (AvgIpc) is 3.06. The van der Waals surface area contributed by atoms with Gasteiger partial charge in [0, 0.05) is 24.0 Å². The number of hydrogen-bond acceptors (Lipinski definition) is 6. The van der Waals surface area contributed by atoms with Gasteiger partial charge in [-0.2, -0.15) is 0 Å². The topological polar surface area (TPSA) is 93.1 Å². The van der Waals surface area contributed by atoms with Crippen LogP contribution < -0.4 is 0 Å². The van der Waals surface area contributed by atoms with E-state index in [0.717, 1.165) is 25.7 Å². The molecule has 0 heterocycles. The number of benzene rings is 1. The molecule has 0 bridgehead atoms. The van der Waals surface area contributed by atoms with Gasteiger partial charge in [-0.05, 0) is 61.5 Å². The van der Waals surface area contributed by atoms with Crippen LogP contribution in [0.3, 0.4) is 0 Å². The summed E-state index contributed by atoms with van der Waals surface area (Å²) in [4.78, 5) is 24.7. The van der Waals surface area contributed by atoms with Crippen molar-refractivity contribution in [3.8, 4) is 11.5 Å². The zero-order valence-corrected chi connectivity index (χ0v) is 33.5. The van der Waals surface area contributed by atoms with E-state index >= 15 is 0 Å². The normalized spacial score (nSPS) is 12.0. The molecular weight excluding hydrogens is 624 g/mol. The van der Waals surface area contributed by atoms with Crippen molar-refractivity contribution in [3.63, 3.8) is 0 Å². The number of aromatic hydroxyl groups is 2. The van der Waals surface area contributed by atoms with Crippen LogP contribution in [0.15, 0.2) is 12.1 Å². The van der Waals surface area contributed by atoms with Gasteiger partial charge in [0.15, 0.2) is 0 Å². The molecule has 0 aliphatic heterocycles. The summed E-state index contributed by atoms with van der Waals surface area (Å²) < 4.78 is 10.9. The summed E-state index contributed by atoms with van der Waals surface area (Å²) in [5, 5.41) is 22.1. The van der Waals surface area contributed by atoms with Crippen LogP contribution in [0.5, 0.6) is 11.5 Å². The maximum Gasteiger partial charge on any atom is 0.305 e. The summed E-state index contributed by atoms with van der Waals surface area (Å²) in [7, 11) is 0. The third-order valence-electron chi connectivity index (χ3n) is 10.5. The Kier molecular flexibility index (Phi) is 25.1. The summed E-state index contributed by atoms with van der Waals surface area (Å²) in [5.41, 5.74) is 0.477. The van der Waals surface area contributed by atoms with Gasteiger partial charge < -0.3 is 19.7 Å². The second-order valence-corrected chi connectivity index (χ2v) is 16.2. The Morgan fingerprint density at radius 1 is 0.480 bits per heavy atom. The number of unbranched alkanes of at least 4 members (excludes halogenated alkanes) is 18. The van der Waals surface area contributed by atoms with E-state index in [-0.39, 0.29) is 23.4 Å². The van der Waals surface area contributed by atoms with E-state index in [1.165, 1.54) is 103 Å². The van der Waals surface area contributed by atoms with E-state index in [1.54, 1.807) is 12.1 Å². The fourth-order valence-electron chi connectivity index (χ4n) is 6.97. The summed E-state index contributed by atoms with van der Waals surface area (Å²) in [6, 6.07) is 3.35. The SMILES string of the molecule is CCCCCCCCCCCCOC(=O)CCCC(C)(C)c1cc(O)c(C(C)(C)CCCC(=O)OCCCCCCCCCCCC)cc1O. The zero-order valence-electron chi connectivity index (χ0n) is 33.5. The van der Waals surface area contributed by atoms with Crippen molar-refractivity contribution >= 4 is 11.9 Å². The Hall–Kier alpha value is -2.24. The third-order valence-corrected chi connectivity index (χ3v) is 10.5. The molecule has 0 fully saturated rings. The third kappa shape index (κ3) is 21.2. The molecule has 0 unspecified atom stereocenters. The Bertz CT molecular complexity index is 948. The van der Waals surface area contributed by atoms with Crippen molar-refractivity contribution in [1.29, 1.82) is 0 Å². The van der Waals surface area contributed by atoms with Gasteiger partial charge >= 0.3 is 11.9 Å². The van der Waals surface area contributed by atoms with Crippen LogP contribution in [0.25, 0.3) is 0 Å². The summed E-state index contributed by atoms with van der Waals surface area (Å²) >= 11 is 0. The highest BCUT2D eigenvalue weighted by atomic mass is 16.5. The maximum atomic E-state index is 12.3. The number of rotatable bonds is 32. The van der Waals surface area contributed by atoms with Gasteiger partial charge in [-0.25, -0.2) is 0 Å². The second-order valence-electron chi connectivity index (χ2n) is 16.2. The van der Waals surface area contributed by atoms with E-state index in [1.807, 2.05) is 27.7 Å². The monoisotopic (exact) mass is 703 g/mol. The number of carbonyl (C=O) groups is 2. The fourth-order valence-corrected chi connectivity index (χ4v) is 6.97. The Morgan fingerprint density at radius 3 is 1.06 bits per heavy atom. The van der Waals surface area contributed by atoms with Gasteiger partial charge in [0.1, 0.15) is 11.5 Å². The molecule has 2 N–H and O–H groups in total. The lowest BCUT2D eigenvalue weighted by Crippen LogP contribution is -2.21. The molecule has 290 valence electrons. The highest BCUT2D eigenvalue weighted by Gasteiger charge is 2.30. The van der Waals surface area contributed by atoms with Crippen LogP contribution in [0.4, 0.5) is 0 Å². The van der Waals surface area contributed by atoms with E-state index in [2.05, 4.69) is 13.8 Å². The molecule has 0 aromatic heterocycles. The minimum atomic E-state index is -0.431. The first kappa shape index (κ1) is 45.8. The molecule has 0 saturated heterocycles. The molecule has 6 heteroatoms. The molecule has 0 amide bonds. The predicted molar refractivity (Wildman–Crippen MR) is 209 cm³/mol. The average molecular weight is 703 g/mol. The Morgan fingerprint density at radius 2 is 0.760 bits per heavy atom. The van der Waals surface area contributed by atoms with Crippen LogP contribution in [0.2, 0.25) is 0 Å². The van der Waals surface area contributed by atoms with E-state index < -0.39 is 10.8 Å². The van der Waals surface area contributed by atoms with Gasteiger partial charge in [-0.3, -0.25) is 9.59 Å². The number of phenolic OH excluding ortho intramolecular Hbond substituents is 2. The highest BCUT2D eigenvalue weighted by molar-refractivity contribution is 5.69. The number of carbonyl (C=O) groups excluding carboxylic acids is 2. The van der Waals surface area contributed by atoms with Gasteiger partial charge in [-0.1, -0.05) is 157 Å². The molecule has 0 saturated carbocycles. The van der Waals surface area contributed by atoms with E-state index in [9.17, 15) is 19.8 Å².